The van der Waals surface area contributed by atoms with Crippen molar-refractivity contribution < 1.29 is 29.3 Å². The van der Waals surface area contributed by atoms with Crippen molar-refractivity contribution in [1.29, 1.82) is 0 Å². The quantitative estimate of drug-likeness (QED) is 0.0438. The van der Waals surface area contributed by atoms with Gasteiger partial charge in [0.2, 0.25) is 0 Å². The largest absolute Gasteiger partial charge is 0.466 e. The molecule has 0 aliphatic rings. The third-order valence-electron chi connectivity index (χ3n) is 13.5. The van der Waals surface area contributed by atoms with E-state index in [0.29, 0.717) is 44.9 Å². The maximum Gasteiger partial charge on any atom is 0.305 e. The van der Waals surface area contributed by atoms with E-state index in [2.05, 4.69) is 62.2 Å². The third-order valence-corrected chi connectivity index (χ3v) is 13.5. The third kappa shape index (κ3) is 34.3. The Morgan fingerprint density at radius 2 is 0.969 bits per heavy atom. The van der Waals surface area contributed by atoms with Crippen LogP contribution < -0.4 is 5.32 Å². The number of hydrogen-bond donors (Lipinski definition) is 3. The molecule has 0 saturated heterocycles. The van der Waals surface area contributed by atoms with Crippen molar-refractivity contribution in [1.82, 2.24) is 10.2 Å². The maximum absolute atomic E-state index is 12.7. The molecule has 1 aromatic carbocycles. The van der Waals surface area contributed by atoms with Crippen LogP contribution in [0.25, 0.3) is 0 Å². The smallest absolute Gasteiger partial charge is 0.305 e. The van der Waals surface area contributed by atoms with Crippen molar-refractivity contribution in [3.05, 3.63) is 35.4 Å². The molecule has 0 aliphatic heterocycles. The van der Waals surface area contributed by atoms with Crippen LogP contribution in [0.3, 0.4) is 0 Å². The number of hydrogen-bond acceptors (Lipinski definition) is 8. The number of carbonyl (C=O) groups is 2. The highest BCUT2D eigenvalue weighted by Gasteiger charge is 2.28. The molecule has 0 saturated carbocycles. The van der Waals surface area contributed by atoms with Crippen LogP contribution in [0.1, 0.15) is 244 Å². The molecule has 64 heavy (non-hydrogen) atoms. The molecule has 0 fully saturated rings. The van der Waals surface area contributed by atoms with Crippen LogP contribution in [-0.2, 0) is 31.9 Å². The molecule has 0 radical (unpaired) electrons. The van der Waals surface area contributed by atoms with Gasteiger partial charge in [-0.2, -0.15) is 0 Å². The molecule has 0 spiro atoms. The van der Waals surface area contributed by atoms with Gasteiger partial charge in [-0.3, -0.25) is 9.59 Å². The molecular formula is C56H104N2O6. The molecule has 0 atom stereocenters. The van der Waals surface area contributed by atoms with Crippen LogP contribution in [0.5, 0.6) is 0 Å². The summed E-state index contributed by atoms with van der Waals surface area (Å²) in [5.74, 6) is 0.472. The number of esters is 2. The maximum atomic E-state index is 12.7. The summed E-state index contributed by atoms with van der Waals surface area (Å²) in [6, 6.07) is 8.89. The summed E-state index contributed by atoms with van der Waals surface area (Å²) in [6.07, 6.45) is 38.2. The first-order valence-corrected chi connectivity index (χ1v) is 27.4. The second kappa shape index (κ2) is 43.6. The van der Waals surface area contributed by atoms with Crippen LogP contribution in [0.15, 0.2) is 24.3 Å². The van der Waals surface area contributed by atoms with Gasteiger partial charge < -0.3 is 29.9 Å². The second-order valence-corrected chi connectivity index (χ2v) is 19.4. The molecule has 1 rings (SSSR count). The van der Waals surface area contributed by atoms with E-state index in [4.69, 9.17) is 9.47 Å². The number of unbranched alkanes of at least 4 members (excludes halogenated alkanes) is 20. The van der Waals surface area contributed by atoms with Crippen molar-refractivity contribution >= 4 is 11.9 Å². The van der Waals surface area contributed by atoms with Crippen molar-refractivity contribution in [2.75, 3.05) is 52.6 Å². The number of aryl methyl sites for hydroxylation is 2. The van der Waals surface area contributed by atoms with E-state index in [1.165, 1.54) is 152 Å². The van der Waals surface area contributed by atoms with E-state index >= 15 is 0 Å². The Morgan fingerprint density at radius 3 is 1.53 bits per heavy atom. The fourth-order valence-corrected chi connectivity index (χ4v) is 8.88. The zero-order chi connectivity index (χ0) is 46.6. The Morgan fingerprint density at radius 1 is 0.516 bits per heavy atom. The number of nitrogens with zero attached hydrogens (tertiary/aromatic N) is 1. The highest BCUT2D eigenvalue weighted by Crippen LogP contribution is 2.22. The lowest BCUT2D eigenvalue weighted by atomic mass is 9.92. The van der Waals surface area contributed by atoms with Gasteiger partial charge >= 0.3 is 11.9 Å². The van der Waals surface area contributed by atoms with Gasteiger partial charge in [0, 0.05) is 25.9 Å². The summed E-state index contributed by atoms with van der Waals surface area (Å²) in [6.45, 7) is 12.8. The van der Waals surface area contributed by atoms with Gasteiger partial charge in [-0.05, 0) is 87.9 Å². The molecule has 0 heterocycles. The van der Waals surface area contributed by atoms with E-state index in [1.807, 2.05) is 0 Å². The minimum Gasteiger partial charge on any atom is -0.466 e. The van der Waals surface area contributed by atoms with Crippen molar-refractivity contribution in [2.24, 2.45) is 5.92 Å². The normalized spacial score (nSPS) is 11.9. The Hall–Kier alpha value is -2.00. The lowest BCUT2D eigenvalue weighted by molar-refractivity contribution is -0.145. The van der Waals surface area contributed by atoms with Gasteiger partial charge in [0.05, 0.1) is 32.0 Å². The number of ether oxygens (including phenoxy) is 2. The molecule has 8 heteroatoms. The number of rotatable bonds is 48. The zero-order valence-electron chi connectivity index (χ0n) is 42.6. The number of nitrogens with one attached hydrogen (secondary N) is 1. The summed E-state index contributed by atoms with van der Waals surface area (Å²) < 4.78 is 11.3. The van der Waals surface area contributed by atoms with Gasteiger partial charge in [0.1, 0.15) is 0 Å². The molecule has 8 nitrogen and oxygen atoms in total. The van der Waals surface area contributed by atoms with E-state index in [0.717, 1.165) is 77.4 Å². The van der Waals surface area contributed by atoms with Gasteiger partial charge in [0.25, 0.3) is 0 Å². The van der Waals surface area contributed by atoms with Crippen LogP contribution >= 0.6 is 0 Å². The predicted octanol–water partition coefficient (Wildman–Crippen LogP) is 13.7. The van der Waals surface area contributed by atoms with Gasteiger partial charge in [-0.25, -0.2) is 0 Å². The van der Waals surface area contributed by atoms with Gasteiger partial charge in [-0.15, -0.1) is 0 Å². The molecule has 3 N–H and O–H groups in total. The Bertz CT molecular complexity index is 1160. The molecule has 374 valence electrons. The molecule has 1 aromatic rings. The zero-order valence-corrected chi connectivity index (χ0v) is 42.6. The lowest BCUT2D eigenvalue weighted by Gasteiger charge is -2.33. The first-order chi connectivity index (χ1) is 31.3. The summed E-state index contributed by atoms with van der Waals surface area (Å²) in [5.41, 5.74) is 1.83. The average molecular weight is 901 g/mol. The lowest BCUT2D eigenvalue weighted by Crippen LogP contribution is -2.54. The molecule has 0 aliphatic carbocycles. The first kappa shape index (κ1) is 60.0. The van der Waals surface area contributed by atoms with Gasteiger partial charge in [-0.1, -0.05) is 200 Å². The SMILES string of the molecule is CCCCCCCCCCOC(=O)CCCN(CCCCCC(=O)OCCC(CCCCCC)CCCCCC)CCNC(CO)(CO)CCc1ccc(CCCCCCCC)cc1. The van der Waals surface area contributed by atoms with Gasteiger partial charge in [0.15, 0.2) is 0 Å². The fraction of sp³-hybridized carbons (Fsp3) is 0.857. The van der Waals surface area contributed by atoms with E-state index < -0.39 is 5.54 Å². The Kier molecular flexibility index (Phi) is 40.9. The molecule has 0 unspecified atom stereocenters. The van der Waals surface area contributed by atoms with Crippen molar-refractivity contribution in [2.45, 2.75) is 252 Å². The van der Waals surface area contributed by atoms with E-state index in [-0.39, 0.29) is 25.2 Å². The fourth-order valence-electron chi connectivity index (χ4n) is 8.88. The van der Waals surface area contributed by atoms with E-state index in [1.54, 1.807) is 0 Å². The highest BCUT2D eigenvalue weighted by atomic mass is 16.5. The second-order valence-electron chi connectivity index (χ2n) is 19.4. The van der Waals surface area contributed by atoms with Crippen LogP contribution in [0.2, 0.25) is 0 Å². The van der Waals surface area contributed by atoms with Crippen LogP contribution in [0, 0.1) is 5.92 Å². The molecule has 0 bridgehead atoms. The highest BCUT2D eigenvalue weighted by molar-refractivity contribution is 5.69. The average Bonchev–Trinajstić information content (AvgIpc) is 3.30. The van der Waals surface area contributed by atoms with Crippen molar-refractivity contribution in [3.8, 4) is 0 Å². The Labute approximate surface area is 395 Å². The summed E-state index contributed by atoms with van der Waals surface area (Å²) in [7, 11) is 0. The summed E-state index contributed by atoms with van der Waals surface area (Å²) >= 11 is 0. The predicted molar refractivity (Wildman–Crippen MR) is 271 cm³/mol. The molecule has 0 aromatic heterocycles. The topological polar surface area (TPSA) is 108 Å². The van der Waals surface area contributed by atoms with Crippen LogP contribution in [0.4, 0.5) is 0 Å². The number of aliphatic hydroxyl groups excluding tert-OH is 2. The van der Waals surface area contributed by atoms with Crippen LogP contribution in [-0.4, -0.2) is 85.2 Å². The Balaban J connectivity index is 2.62. The molecule has 0 amide bonds. The number of aliphatic hydroxyl groups is 2. The first-order valence-electron chi connectivity index (χ1n) is 27.4. The monoisotopic (exact) mass is 901 g/mol. The minimum atomic E-state index is -0.771. The standard InChI is InChI=1S/C56H104N2O6/c1-5-9-13-17-19-20-22-29-47-63-55(62)35-30-45-58(44-28-23-27-34-54(61)64-48-41-51(31-24-15-11-7-3)32-25-16-12-8-4)46-43-57-56(49-59,50-60)42-40-53-38-36-52(37-39-53)33-26-21-18-14-10-6-2/h36-39,51,57,59-60H,5-35,40-50H2,1-4H3. The minimum absolute atomic E-state index is 0.0734. The molecular weight excluding hydrogens is 797 g/mol. The summed E-state index contributed by atoms with van der Waals surface area (Å²) in [4.78, 5) is 27.7. The van der Waals surface area contributed by atoms with E-state index in [9.17, 15) is 19.8 Å². The summed E-state index contributed by atoms with van der Waals surface area (Å²) in [5, 5.41) is 24.6. The number of carbonyl (C=O) groups excluding carboxylic acids is 2. The van der Waals surface area contributed by atoms with Crippen molar-refractivity contribution in [3.63, 3.8) is 0 Å². The number of benzene rings is 1.